The lowest BCUT2D eigenvalue weighted by molar-refractivity contribution is 0.0700. The predicted molar refractivity (Wildman–Crippen MR) is 79.7 cm³/mol. The number of rotatable bonds is 3. The summed E-state index contributed by atoms with van der Waals surface area (Å²) >= 11 is 0. The Morgan fingerprint density at radius 3 is 2.74 bits per heavy atom. The Morgan fingerprint density at radius 1 is 1.32 bits per heavy atom. The molecule has 1 fully saturated rings. The van der Waals surface area contributed by atoms with Crippen LogP contribution in [-0.4, -0.2) is 29.3 Å². The second-order valence-electron chi connectivity index (χ2n) is 5.94. The number of carbonyl (C=O) groups is 1. The lowest BCUT2D eigenvalue weighted by Crippen LogP contribution is -2.47. The molecule has 1 aromatic carbocycles. The molecule has 104 valence electrons. The van der Waals surface area contributed by atoms with Gasteiger partial charge in [0.05, 0.1) is 6.04 Å². The highest BCUT2D eigenvalue weighted by Gasteiger charge is 2.28. The molecule has 1 saturated heterocycles. The molecule has 2 rings (SSSR count). The summed E-state index contributed by atoms with van der Waals surface area (Å²) in [4.78, 5) is 15.1. The molecule has 0 amide bonds. The van der Waals surface area contributed by atoms with E-state index in [9.17, 15) is 4.79 Å². The summed E-state index contributed by atoms with van der Waals surface area (Å²) in [6.45, 7) is 9.43. The first-order chi connectivity index (χ1) is 9.00. The number of Topliss-reactive ketones (excluding diaryl/α,β-unsaturated/α-hetero) is 1. The fourth-order valence-corrected chi connectivity index (χ4v) is 3.07. The number of hydrogen-bond acceptors (Lipinski definition) is 2. The molecule has 19 heavy (non-hydrogen) atoms. The number of likely N-dealkylation sites (tertiary alicyclic amines) is 1. The van der Waals surface area contributed by atoms with E-state index in [-0.39, 0.29) is 11.8 Å². The Hall–Kier alpha value is -1.15. The minimum atomic E-state index is -0.00389. The second kappa shape index (κ2) is 5.87. The van der Waals surface area contributed by atoms with Crippen molar-refractivity contribution < 1.29 is 4.79 Å². The van der Waals surface area contributed by atoms with Gasteiger partial charge >= 0.3 is 0 Å². The fraction of sp³-hybridized carbons (Fsp3) is 0.588. The molecule has 0 aromatic heterocycles. The van der Waals surface area contributed by atoms with Crippen LogP contribution in [0.5, 0.6) is 0 Å². The summed E-state index contributed by atoms with van der Waals surface area (Å²) < 4.78 is 0. The molecule has 2 nitrogen and oxygen atoms in total. The van der Waals surface area contributed by atoms with Gasteiger partial charge < -0.3 is 0 Å². The van der Waals surface area contributed by atoms with E-state index in [0.29, 0.717) is 6.04 Å². The third-order valence-electron chi connectivity index (χ3n) is 4.39. The van der Waals surface area contributed by atoms with Crippen LogP contribution < -0.4 is 0 Å². The smallest absolute Gasteiger partial charge is 0.179 e. The van der Waals surface area contributed by atoms with E-state index < -0.39 is 0 Å². The quantitative estimate of drug-likeness (QED) is 0.771. The molecule has 0 bridgehead atoms. The second-order valence-corrected chi connectivity index (χ2v) is 5.94. The van der Waals surface area contributed by atoms with Gasteiger partial charge in [-0.3, -0.25) is 9.69 Å². The van der Waals surface area contributed by atoms with Crippen LogP contribution in [0.3, 0.4) is 0 Å². The number of hydrogen-bond donors (Lipinski definition) is 0. The Morgan fingerprint density at radius 2 is 2.05 bits per heavy atom. The monoisotopic (exact) mass is 259 g/mol. The highest BCUT2D eigenvalue weighted by atomic mass is 16.1. The highest BCUT2D eigenvalue weighted by molar-refractivity contribution is 6.01. The minimum absolute atomic E-state index is 0.00389. The third-order valence-corrected chi connectivity index (χ3v) is 4.39. The average molecular weight is 259 g/mol. The van der Waals surface area contributed by atoms with Crippen molar-refractivity contribution >= 4 is 5.78 Å². The molecule has 0 aliphatic carbocycles. The Bertz CT molecular complexity index is 466. The summed E-state index contributed by atoms with van der Waals surface area (Å²) in [7, 11) is 0. The molecule has 1 aliphatic rings. The van der Waals surface area contributed by atoms with Gasteiger partial charge in [-0.2, -0.15) is 0 Å². The predicted octanol–water partition coefficient (Wildman–Crippen LogP) is 3.75. The molecule has 2 heteroatoms. The van der Waals surface area contributed by atoms with Crippen molar-refractivity contribution in [3.8, 4) is 0 Å². The van der Waals surface area contributed by atoms with Gasteiger partial charge in [-0.15, -0.1) is 0 Å². The van der Waals surface area contributed by atoms with Gasteiger partial charge in [0.2, 0.25) is 0 Å². The maximum Gasteiger partial charge on any atom is 0.179 e. The van der Waals surface area contributed by atoms with E-state index in [4.69, 9.17) is 0 Å². The lowest BCUT2D eigenvalue weighted by atomic mass is 9.94. The van der Waals surface area contributed by atoms with E-state index in [1.807, 2.05) is 19.9 Å². The summed E-state index contributed by atoms with van der Waals surface area (Å²) in [6.07, 6.45) is 3.72. The number of ketones is 1. The largest absolute Gasteiger partial charge is 0.292 e. The first-order valence-electron chi connectivity index (χ1n) is 7.38. The Labute approximate surface area is 116 Å². The lowest BCUT2D eigenvalue weighted by Gasteiger charge is -2.37. The molecule has 1 aromatic rings. The Balaban J connectivity index is 2.20. The molecule has 2 unspecified atom stereocenters. The van der Waals surface area contributed by atoms with Gasteiger partial charge in [-0.1, -0.05) is 24.1 Å². The first kappa shape index (κ1) is 14.3. The zero-order valence-corrected chi connectivity index (χ0v) is 12.6. The molecule has 2 atom stereocenters. The third kappa shape index (κ3) is 3.06. The van der Waals surface area contributed by atoms with Crippen molar-refractivity contribution in [3.63, 3.8) is 0 Å². The van der Waals surface area contributed by atoms with E-state index in [1.54, 1.807) is 0 Å². The van der Waals surface area contributed by atoms with Gasteiger partial charge in [0.15, 0.2) is 5.78 Å². The Kier molecular flexibility index (Phi) is 4.41. The molecule has 1 aliphatic heterocycles. The van der Waals surface area contributed by atoms with Gasteiger partial charge in [-0.25, -0.2) is 0 Å². The van der Waals surface area contributed by atoms with Crippen LogP contribution in [0.15, 0.2) is 18.2 Å². The van der Waals surface area contributed by atoms with Gasteiger partial charge in [-0.05, 0) is 58.7 Å². The maximum absolute atomic E-state index is 12.7. The zero-order chi connectivity index (χ0) is 14.0. The summed E-state index contributed by atoms with van der Waals surface area (Å²) in [5.41, 5.74) is 3.14. The number of nitrogens with zero attached hydrogens (tertiary/aromatic N) is 1. The van der Waals surface area contributed by atoms with Crippen LogP contribution in [0.1, 0.15) is 54.6 Å². The molecule has 0 radical (unpaired) electrons. The van der Waals surface area contributed by atoms with Crippen LogP contribution in [0, 0.1) is 13.8 Å². The van der Waals surface area contributed by atoms with Gasteiger partial charge in [0, 0.05) is 11.6 Å². The van der Waals surface area contributed by atoms with Crippen molar-refractivity contribution in [2.45, 2.75) is 59.0 Å². The molecule has 1 heterocycles. The molecule has 0 saturated carbocycles. The van der Waals surface area contributed by atoms with Crippen molar-refractivity contribution in [1.82, 2.24) is 4.90 Å². The van der Waals surface area contributed by atoms with Crippen molar-refractivity contribution in [2.24, 2.45) is 0 Å². The topological polar surface area (TPSA) is 20.3 Å². The van der Waals surface area contributed by atoms with Gasteiger partial charge in [0.25, 0.3) is 0 Å². The van der Waals surface area contributed by atoms with E-state index >= 15 is 0 Å². The number of aryl methyl sites for hydroxylation is 2. The molecular formula is C17H25NO. The number of benzene rings is 1. The van der Waals surface area contributed by atoms with Crippen LogP contribution >= 0.6 is 0 Å². The molecular weight excluding hydrogens is 234 g/mol. The van der Waals surface area contributed by atoms with Crippen LogP contribution in [0.4, 0.5) is 0 Å². The minimum Gasteiger partial charge on any atom is -0.292 e. The fourth-order valence-electron chi connectivity index (χ4n) is 3.07. The van der Waals surface area contributed by atoms with Crippen molar-refractivity contribution in [3.05, 3.63) is 34.9 Å². The maximum atomic E-state index is 12.7. The summed E-state index contributed by atoms with van der Waals surface area (Å²) in [6, 6.07) is 6.67. The first-order valence-corrected chi connectivity index (χ1v) is 7.38. The summed E-state index contributed by atoms with van der Waals surface area (Å²) in [5, 5.41) is 0. The van der Waals surface area contributed by atoms with E-state index in [1.165, 1.54) is 19.3 Å². The van der Waals surface area contributed by atoms with E-state index in [0.717, 1.165) is 23.2 Å². The number of piperidine rings is 1. The summed E-state index contributed by atoms with van der Waals surface area (Å²) in [5.74, 6) is 0.273. The average Bonchev–Trinajstić information content (AvgIpc) is 2.40. The SMILES string of the molecule is Cc1ccc(C)c(C(=O)C(C)N2CCCCC2C)c1. The standard InChI is InChI=1S/C17H25NO/c1-12-8-9-13(2)16(11-12)17(19)15(4)18-10-6-5-7-14(18)3/h8-9,11,14-15H,5-7,10H2,1-4H3. The highest BCUT2D eigenvalue weighted by Crippen LogP contribution is 2.22. The van der Waals surface area contributed by atoms with Crippen LogP contribution in [-0.2, 0) is 0 Å². The van der Waals surface area contributed by atoms with E-state index in [2.05, 4.69) is 30.9 Å². The molecule has 0 spiro atoms. The normalized spacial score (nSPS) is 22.2. The van der Waals surface area contributed by atoms with Crippen molar-refractivity contribution in [1.29, 1.82) is 0 Å². The van der Waals surface area contributed by atoms with Crippen LogP contribution in [0.2, 0.25) is 0 Å². The van der Waals surface area contributed by atoms with Gasteiger partial charge in [0.1, 0.15) is 0 Å². The number of carbonyl (C=O) groups excluding carboxylic acids is 1. The van der Waals surface area contributed by atoms with Crippen LogP contribution in [0.25, 0.3) is 0 Å². The van der Waals surface area contributed by atoms with Crippen molar-refractivity contribution in [2.75, 3.05) is 6.54 Å². The molecule has 0 N–H and O–H groups in total. The zero-order valence-electron chi connectivity index (χ0n) is 12.6.